The minimum absolute atomic E-state index is 0.0635. The molecule has 2 N–H and O–H groups in total. The Morgan fingerprint density at radius 2 is 1.79 bits per heavy atom. The van der Waals surface area contributed by atoms with Crippen LogP contribution in [0.5, 0.6) is 0 Å². The molecule has 0 spiro atoms. The smallest absolute Gasteiger partial charge is 0.326 e. The molecule has 0 aromatic carbocycles. The van der Waals surface area contributed by atoms with Crippen molar-refractivity contribution in [2.45, 2.75) is 83.8 Å². The number of rotatable bonds is 2. The summed E-state index contributed by atoms with van der Waals surface area (Å²) in [7, 11) is 0. The first-order valence-electron chi connectivity index (χ1n) is 7.81. The normalized spacial score (nSPS) is 33.7. The largest absolute Gasteiger partial charge is 0.461 e. The highest BCUT2D eigenvalue weighted by atomic mass is 16.5. The molecule has 2 aliphatic rings. The maximum atomic E-state index is 12.4. The zero-order valence-electron chi connectivity index (χ0n) is 12.7. The van der Waals surface area contributed by atoms with Gasteiger partial charge in [0.1, 0.15) is 11.6 Å². The third kappa shape index (κ3) is 3.71. The summed E-state index contributed by atoms with van der Waals surface area (Å²) in [5.41, 5.74) is 5.82. The Bertz CT molecular complexity index is 332. The van der Waals surface area contributed by atoms with Crippen molar-refractivity contribution in [3.8, 4) is 0 Å². The molecule has 2 fully saturated rings. The van der Waals surface area contributed by atoms with Gasteiger partial charge in [-0.1, -0.05) is 40.0 Å². The summed E-state index contributed by atoms with van der Waals surface area (Å²) in [6, 6.07) is 0. The van der Waals surface area contributed by atoms with Crippen LogP contribution >= 0.6 is 0 Å². The fraction of sp³-hybridized carbons (Fsp3) is 0.938. The molecular formula is C16H29NO2. The summed E-state index contributed by atoms with van der Waals surface area (Å²) >= 11 is 0. The summed E-state index contributed by atoms with van der Waals surface area (Å²) < 4.78 is 5.78. The fourth-order valence-electron chi connectivity index (χ4n) is 4.00. The Balaban J connectivity index is 1.94. The van der Waals surface area contributed by atoms with Crippen LogP contribution in [-0.4, -0.2) is 17.6 Å². The Morgan fingerprint density at radius 3 is 2.37 bits per heavy atom. The molecule has 0 saturated heterocycles. The second-order valence-electron chi connectivity index (χ2n) is 7.66. The van der Waals surface area contributed by atoms with Crippen LogP contribution in [0.1, 0.15) is 72.1 Å². The molecule has 2 aliphatic carbocycles. The standard InChI is InChI=1S/C16H29NO2/c1-12-9-13(11-15(2,3)10-12)19-14(18)16(17)7-5-4-6-8-16/h12-13H,4-11,17H2,1-3H3. The van der Waals surface area contributed by atoms with Gasteiger partial charge in [0.15, 0.2) is 0 Å². The highest BCUT2D eigenvalue weighted by Gasteiger charge is 2.40. The summed E-state index contributed by atoms with van der Waals surface area (Å²) in [4.78, 5) is 12.4. The summed E-state index contributed by atoms with van der Waals surface area (Å²) in [6.07, 6.45) is 8.12. The third-order valence-electron chi connectivity index (χ3n) is 4.77. The van der Waals surface area contributed by atoms with Gasteiger partial charge >= 0.3 is 5.97 Å². The first-order valence-corrected chi connectivity index (χ1v) is 7.81. The molecular weight excluding hydrogens is 238 g/mol. The van der Waals surface area contributed by atoms with E-state index in [-0.39, 0.29) is 17.5 Å². The van der Waals surface area contributed by atoms with Gasteiger partial charge < -0.3 is 10.5 Å². The van der Waals surface area contributed by atoms with Crippen molar-refractivity contribution < 1.29 is 9.53 Å². The van der Waals surface area contributed by atoms with Gasteiger partial charge in [0.05, 0.1) is 0 Å². The summed E-state index contributed by atoms with van der Waals surface area (Å²) in [6.45, 7) is 6.78. The molecule has 0 amide bonds. The first kappa shape index (κ1) is 14.8. The number of hydrogen-bond acceptors (Lipinski definition) is 3. The van der Waals surface area contributed by atoms with Crippen LogP contribution in [0.25, 0.3) is 0 Å². The van der Waals surface area contributed by atoms with Gasteiger partial charge in [-0.25, -0.2) is 0 Å². The average molecular weight is 267 g/mol. The lowest BCUT2D eigenvalue weighted by molar-refractivity contribution is -0.161. The van der Waals surface area contributed by atoms with E-state index >= 15 is 0 Å². The highest BCUT2D eigenvalue weighted by Crippen LogP contribution is 2.40. The maximum absolute atomic E-state index is 12.4. The van der Waals surface area contributed by atoms with Crippen molar-refractivity contribution in [2.75, 3.05) is 0 Å². The number of esters is 1. The minimum atomic E-state index is -0.705. The monoisotopic (exact) mass is 267 g/mol. The molecule has 2 atom stereocenters. The number of nitrogens with two attached hydrogens (primary N) is 1. The fourth-order valence-corrected chi connectivity index (χ4v) is 4.00. The Morgan fingerprint density at radius 1 is 1.16 bits per heavy atom. The second kappa shape index (κ2) is 5.43. The van der Waals surface area contributed by atoms with Crippen molar-refractivity contribution in [3.63, 3.8) is 0 Å². The van der Waals surface area contributed by atoms with Gasteiger partial charge in [-0.15, -0.1) is 0 Å². The minimum Gasteiger partial charge on any atom is -0.461 e. The molecule has 3 nitrogen and oxygen atoms in total. The summed E-state index contributed by atoms with van der Waals surface area (Å²) in [5.74, 6) is 0.476. The van der Waals surface area contributed by atoms with Crippen molar-refractivity contribution in [3.05, 3.63) is 0 Å². The van der Waals surface area contributed by atoms with Crippen LogP contribution in [0.15, 0.2) is 0 Å². The van der Waals surface area contributed by atoms with E-state index in [1.54, 1.807) is 0 Å². The molecule has 0 aromatic rings. The van der Waals surface area contributed by atoms with E-state index in [0.29, 0.717) is 5.92 Å². The van der Waals surface area contributed by atoms with Crippen LogP contribution in [0.2, 0.25) is 0 Å². The lowest BCUT2D eigenvalue weighted by Crippen LogP contribution is -2.52. The zero-order valence-corrected chi connectivity index (χ0v) is 12.7. The van der Waals surface area contributed by atoms with E-state index < -0.39 is 5.54 Å². The molecule has 0 heterocycles. The van der Waals surface area contributed by atoms with Crippen LogP contribution in [-0.2, 0) is 9.53 Å². The quantitative estimate of drug-likeness (QED) is 0.780. The molecule has 0 bridgehead atoms. The zero-order chi connectivity index (χ0) is 14.1. The van der Waals surface area contributed by atoms with Crippen LogP contribution in [0, 0.1) is 11.3 Å². The summed E-state index contributed by atoms with van der Waals surface area (Å²) in [5, 5.41) is 0. The van der Waals surface area contributed by atoms with E-state index in [9.17, 15) is 4.79 Å². The number of hydrogen-bond donors (Lipinski definition) is 1. The molecule has 0 aromatic heterocycles. The van der Waals surface area contributed by atoms with Crippen LogP contribution in [0.4, 0.5) is 0 Å². The highest BCUT2D eigenvalue weighted by molar-refractivity contribution is 5.80. The Kier molecular flexibility index (Phi) is 4.24. The molecule has 2 saturated carbocycles. The number of ether oxygens (including phenoxy) is 1. The van der Waals surface area contributed by atoms with Crippen molar-refractivity contribution >= 4 is 5.97 Å². The lowest BCUT2D eigenvalue weighted by atomic mass is 9.71. The SMILES string of the molecule is CC1CC(OC(=O)C2(N)CCCCC2)CC(C)(C)C1. The van der Waals surface area contributed by atoms with Gasteiger partial charge in [0.25, 0.3) is 0 Å². The lowest BCUT2D eigenvalue weighted by Gasteiger charge is -2.40. The molecule has 0 radical (unpaired) electrons. The van der Waals surface area contributed by atoms with Crippen LogP contribution in [0.3, 0.4) is 0 Å². The molecule has 19 heavy (non-hydrogen) atoms. The molecule has 110 valence electrons. The molecule has 3 heteroatoms. The third-order valence-corrected chi connectivity index (χ3v) is 4.77. The van der Waals surface area contributed by atoms with Crippen molar-refractivity contribution in [2.24, 2.45) is 17.1 Å². The molecule has 0 aliphatic heterocycles. The van der Waals surface area contributed by atoms with E-state index in [2.05, 4.69) is 20.8 Å². The molecule has 2 unspecified atom stereocenters. The van der Waals surface area contributed by atoms with E-state index in [4.69, 9.17) is 10.5 Å². The predicted octanol–water partition coefficient (Wildman–Crippen LogP) is 3.41. The van der Waals surface area contributed by atoms with Gasteiger partial charge in [0, 0.05) is 0 Å². The van der Waals surface area contributed by atoms with Crippen molar-refractivity contribution in [1.29, 1.82) is 0 Å². The number of carbonyl (C=O) groups excluding carboxylic acids is 1. The number of carbonyl (C=O) groups is 1. The molecule has 2 rings (SSSR count). The van der Waals surface area contributed by atoms with Crippen LogP contribution < -0.4 is 5.73 Å². The maximum Gasteiger partial charge on any atom is 0.326 e. The Labute approximate surface area is 117 Å². The van der Waals surface area contributed by atoms with Crippen molar-refractivity contribution in [1.82, 2.24) is 0 Å². The van der Waals surface area contributed by atoms with Gasteiger partial charge in [-0.05, 0) is 43.4 Å². The first-order chi connectivity index (χ1) is 8.81. The van der Waals surface area contributed by atoms with Gasteiger partial charge in [-0.3, -0.25) is 4.79 Å². The predicted molar refractivity (Wildman–Crippen MR) is 76.7 cm³/mol. The second-order valence-corrected chi connectivity index (χ2v) is 7.66. The topological polar surface area (TPSA) is 52.3 Å². The van der Waals surface area contributed by atoms with E-state index in [1.165, 1.54) is 12.8 Å². The van der Waals surface area contributed by atoms with Gasteiger partial charge in [0.2, 0.25) is 0 Å². The Hall–Kier alpha value is -0.570. The van der Waals surface area contributed by atoms with Gasteiger partial charge in [-0.2, -0.15) is 0 Å². The average Bonchev–Trinajstić information content (AvgIpc) is 2.26. The van der Waals surface area contributed by atoms with E-state index in [1.807, 2.05) is 0 Å². The van der Waals surface area contributed by atoms with E-state index in [0.717, 1.165) is 38.5 Å².